The van der Waals surface area contributed by atoms with Crippen molar-refractivity contribution in [3.8, 4) is 0 Å². The van der Waals surface area contributed by atoms with Gasteiger partial charge < -0.3 is 10.6 Å². The Morgan fingerprint density at radius 1 is 1.38 bits per heavy atom. The van der Waals surface area contributed by atoms with Gasteiger partial charge in [0.2, 0.25) is 0 Å². The van der Waals surface area contributed by atoms with E-state index >= 15 is 0 Å². The number of nitrogens with zero attached hydrogens (tertiary/aromatic N) is 3. The summed E-state index contributed by atoms with van der Waals surface area (Å²) in [7, 11) is 1.82. The molecule has 24 heavy (non-hydrogen) atoms. The van der Waals surface area contributed by atoms with Crippen LogP contribution in [0.2, 0.25) is 0 Å². The summed E-state index contributed by atoms with van der Waals surface area (Å²) in [4.78, 5) is 14.0. The van der Waals surface area contributed by atoms with Crippen molar-refractivity contribution in [3.63, 3.8) is 0 Å². The highest BCUT2D eigenvalue weighted by Gasteiger charge is 2.24. The fourth-order valence-corrected chi connectivity index (χ4v) is 4.59. The van der Waals surface area contributed by atoms with Crippen LogP contribution in [0.1, 0.15) is 33.6 Å². The molecule has 0 spiro atoms. The Labute approximate surface area is 151 Å². The summed E-state index contributed by atoms with van der Waals surface area (Å²) in [5.41, 5.74) is 0. The third kappa shape index (κ3) is 4.55. The number of rotatable bonds is 6. The number of aliphatic imine (C=N–C) groups is 1. The highest BCUT2D eigenvalue weighted by Crippen LogP contribution is 2.27. The highest BCUT2D eigenvalue weighted by molar-refractivity contribution is 7.11. The van der Waals surface area contributed by atoms with Gasteiger partial charge in [0, 0.05) is 29.5 Å². The van der Waals surface area contributed by atoms with E-state index in [9.17, 15) is 0 Å². The second kappa shape index (κ2) is 8.60. The van der Waals surface area contributed by atoms with E-state index in [4.69, 9.17) is 0 Å². The average Bonchev–Trinajstić information content (AvgIpc) is 3.33. The first-order valence-electron chi connectivity index (χ1n) is 8.39. The van der Waals surface area contributed by atoms with Crippen molar-refractivity contribution in [2.24, 2.45) is 4.99 Å². The van der Waals surface area contributed by atoms with Crippen molar-refractivity contribution in [1.29, 1.82) is 0 Å². The van der Waals surface area contributed by atoms with Crippen LogP contribution in [0.5, 0.6) is 0 Å². The number of guanidine groups is 1. The van der Waals surface area contributed by atoms with Crippen molar-refractivity contribution >= 4 is 28.6 Å². The standard InChI is InChI=1S/C17H25N5S2/c1-13-10-19-16(24-13)12-21-17(18-2)20-11-14(15-6-5-9-23-15)22-7-3-4-8-22/h5-6,9-10,14H,3-4,7-8,11-12H2,1-2H3,(H2,18,20,21). The zero-order valence-electron chi connectivity index (χ0n) is 14.3. The lowest BCUT2D eigenvalue weighted by Gasteiger charge is -2.27. The Hall–Kier alpha value is -1.44. The predicted molar refractivity (Wildman–Crippen MR) is 103 cm³/mol. The molecule has 1 atom stereocenters. The maximum atomic E-state index is 4.39. The average molecular weight is 364 g/mol. The molecule has 1 aliphatic rings. The van der Waals surface area contributed by atoms with Gasteiger partial charge in [0.05, 0.1) is 12.6 Å². The quantitative estimate of drug-likeness (QED) is 0.612. The molecule has 0 radical (unpaired) electrons. The van der Waals surface area contributed by atoms with Crippen molar-refractivity contribution in [2.75, 3.05) is 26.7 Å². The molecule has 1 saturated heterocycles. The monoisotopic (exact) mass is 363 g/mol. The van der Waals surface area contributed by atoms with E-state index in [1.807, 2.05) is 24.6 Å². The predicted octanol–water partition coefficient (Wildman–Crippen LogP) is 3.02. The van der Waals surface area contributed by atoms with E-state index in [1.54, 1.807) is 11.3 Å². The number of nitrogens with one attached hydrogen (secondary N) is 2. The van der Waals surface area contributed by atoms with Crippen LogP contribution in [0, 0.1) is 6.92 Å². The minimum atomic E-state index is 0.424. The van der Waals surface area contributed by atoms with Crippen LogP contribution in [0.25, 0.3) is 0 Å². The molecule has 3 heterocycles. The molecule has 2 N–H and O–H groups in total. The van der Waals surface area contributed by atoms with E-state index in [0.717, 1.165) is 17.5 Å². The molecule has 1 aliphatic heterocycles. The minimum absolute atomic E-state index is 0.424. The minimum Gasteiger partial charge on any atom is -0.354 e. The summed E-state index contributed by atoms with van der Waals surface area (Å²) in [6.07, 6.45) is 4.52. The summed E-state index contributed by atoms with van der Waals surface area (Å²) in [6, 6.07) is 4.80. The first kappa shape index (κ1) is 17.4. The third-order valence-corrected chi connectivity index (χ3v) is 6.10. The van der Waals surface area contributed by atoms with Gasteiger partial charge in [-0.15, -0.1) is 22.7 Å². The number of likely N-dealkylation sites (tertiary alicyclic amines) is 1. The molecule has 2 aromatic rings. The second-order valence-corrected chi connectivity index (χ2v) is 8.24. The fraction of sp³-hybridized carbons (Fsp3) is 0.529. The molecule has 3 rings (SSSR count). The summed E-state index contributed by atoms with van der Waals surface area (Å²) < 4.78 is 0. The second-order valence-electron chi connectivity index (χ2n) is 5.95. The van der Waals surface area contributed by atoms with Gasteiger partial charge in [0.1, 0.15) is 5.01 Å². The first-order valence-corrected chi connectivity index (χ1v) is 10.1. The molecule has 0 bridgehead atoms. The van der Waals surface area contributed by atoms with Gasteiger partial charge in [-0.25, -0.2) is 4.98 Å². The summed E-state index contributed by atoms with van der Waals surface area (Å²) in [5, 5.41) is 10.1. The smallest absolute Gasteiger partial charge is 0.191 e. The molecule has 1 fully saturated rings. The number of hydrogen-bond donors (Lipinski definition) is 2. The van der Waals surface area contributed by atoms with Crippen LogP contribution in [0.3, 0.4) is 0 Å². The lowest BCUT2D eigenvalue weighted by Crippen LogP contribution is -2.42. The van der Waals surface area contributed by atoms with Crippen LogP contribution < -0.4 is 10.6 Å². The van der Waals surface area contributed by atoms with Gasteiger partial charge in [-0.3, -0.25) is 9.89 Å². The van der Waals surface area contributed by atoms with Gasteiger partial charge in [-0.2, -0.15) is 0 Å². The van der Waals surface area contributed by atoms with Gasteiger partial charge in [0.15, 0.2) is 5.96 Å². The summed E-state index contributed by atoms with van der Waals surface area (Å²) >= 11 is 3.56. The zero-order chi connectivity index (χ0) is 16.8. The molecular weight excluding hydrogens is 338 g/mol. The SMILES string of the molecule is CN=C(NCc1ncc(C)s1)NCC(c1cccs1)N1CCCC1. The number of aromatic nitrogens is 1. The van der Waals surface area contributed by atoms with Crippen LogP contribution >= 0.6 is 22.7 Å². The van der Waals surface area contributed by atoms with Gasteiger partial charge in [0.25, 0.3) is 0 Å². The van der Waals surface area contributed by atoms with E-state index in [2.05, 4.69) is 49.9 Å². The lowest BCUT2D eigenvalue weighted by atomic mass is 10.2. The van der Waals surface area contributed by atoms with E-state index < -0.39 is 0 Å². The molecule has 7 heteroatoms. The van der Waals surface area contributed by atoms with E-state index in [0.29, 0.717) is 12.6 Å². The number of hydrogen-bond acceptors (Lipinski definition) is 5. The third-order valence-electron chi connectivity index (χ3n) is 4.22. The Bertz CT molecular complexity index is 644. The van der Waals surface area contributed by atoms with Crippen molar-refractivity contribution in [3.05, 3.63) is 38.5 Å². The van der Waals surface area contributed by atoms with Gasteiger partial charge in [-0.05, 0) is 44.3 Å². The Kier molecular flexibility index (Phi) is 6.23. The molecule has 0 aliphatic carbocycles. The molecular formula is C17H25N5S2. The molecule has 0 aromatic carbocycles. The number of thiazole rings is 1. The van der Waals surface area contributed by atoms with Crippen molar-refractivity contribution in [1.82, 2.24) is 20.5 Å². The molecule has 0 amide bonds. The van der Waals surface area contributed by atoms with E-state index in [1.165, 1.54) is 35.7 Å². The van der Waals surface area contributed by atoms with Crippen LogP contribution in [-0.4, -0.2) is 42.5 Å². The maximum absolute atomic E-state index is 4.39. The molecule has 130 valence electrons. The molecule has 2 aromatic heterocycles. The summed E-state index contributed by atoms with van der Waals surface area (Å²) in [5.74, 6) is 0.837. The molecule has 5 nitrogen and oxygen atoms in total. The topological polar surface area (TPSA) is 52.6 Å². The van der Waals surface area contributed by atoms with Gasteiger partial charge >= 0.3 is 0 Å². The highest BCUT2D eigenvalue weighted by atomic mass is 32.1. The largest absolute Gasteiger partial charge is 0.354 e. The fourth-order valence-electron chi connectivity index (χ4n) is 3.00. The van der Waals surface area contributed by atoms with Crippen molar-refractivity contribution in [2.45, 2.75) is 32.4 Å². The van der Waals surface area contributed by atoms with Crippen LogP contribution in [0.4, 0.5) is 0 Å². The number of thiophene rings is 1. The molecule has 0 saturated carbocycles. The van der Waals surface area contributed by atoms with E-state index in [-0.39, 0.29) is 0 Å². The van der Waals surface area contributed by atoms with Crippen LogP contribution in [-0.2, 0) is 6.54 Å². The number of aryl methyl sites for hydroxylation is 1. The van der Waals surface area contributed by atoms with Crippen molar-refractivity contribution < 1.29 is 0 Å². The Balaban J connectivity index is 1.56. The zero-order valence-corrected chi connectivity index (χ0v) is 15.9. The molecule has 1 unspecified atom stereocenters. The summed E-state index contributed by atoms with van der Waals surface area (Å²) in [6.45, 7) is 6.04. The lowest BCUT2D eigenvalue weighted by molar-refractivity contribution is 0.249. The maximum Gasteiger partial charge on any atom is 0.191 e. The van der Waals surface area contributed by atoms with Gasteiger partial charge in [-0.1, -0.05) is 6.07 Å². The Morgan fingerprint density at radius 3 is 2.83 bits per heavy atom. The Morgan fingerprint density at radius 2 is 2.21 bits per heavy atom. The normalized spacial score (nSPS) is 17.2. The first-order chi connectivity index (χ1) is 11.8. The van der Waals surface area contributed by atoms with Crippen LogP contribution in [0.15, 0.2) is 28.7 Å².